The summed E-state index contributed by atoms with van der Waals surface area (Å²) in [6.45, 7) is 0.658. The highest BCUT2D eigenvalue weighted by Crippen LogP contribution is 2.28. The number of benzene rings is 3. The molecule has 3 aromatic carbocycles. The summed E-state index contributed by atoms with van der Waals surface area (Å²) in [6.07, 6.45) is 7.59. The van der Waals surface area contributed by atoms with Crippen molar-refractivity contribution >= 4 is 34.5 Å². The quantitative estimate of drug-likeness (QED) is 0.212. The molecule has 5 aromatic rings. The van der Waals surface area contributed by atoms with Crippen molar-refractivity contribution in [1.82, 2.24) is 24.8 Å². The molecule has 10 nitrogen and oxygen atoms in total. The van der Waals surface area contributed by atoms with Gasteiger partial charge in [0.1, 0.15) is 23.4 Å². The van der Waals surface area contributed by atoms with Crippen molar-refractivity contribution in [2.24, 2.45) is 5.73 Å². The molecule has 0 aliphatic carbocycles. The predicted molar refractivity (Wildman–Crippen MR) is 159 cm³/mol. The Bertz CT molecular complexity index is 1850. The van der Waals surface area contributed by atoms with Crippen LogP contribution in [0.3, 0.4) is 0 Å². The van der Waals surface area contributed by atoms with Crippen molar-refractivity contribution in [2.75, 3.05) is 25.0 Å². The van der Waals surface area contributed by atoms with Gasteiger partial charge in [-0.25, -0.2) is 23.7 Å². The van der Waals surface area contributed by atoms with Crippen LogP contribution >= 0.6 is 0 Å². The third-order valence-electron chi connectivity index (χ3n) is 6.25. The summed E-state index contributed by atoms with van der Waals surface area (Å²) in [5, 5.41) is 6.58. The lowest BCUT2D eigenvalue weighted by Gasteiger charge is -2.11. The third-order valence-corrected chi connectivity index (χ3v) is 6.25. The molecular formula is C31H27F2N7O3. The van der Waals surface area contributed by atoms with Crippen molar-refractivity contribution in [3.05, 3.63) is 124 Å². The number of ether oxygens (including phenoxy) is 1. The van der Waals surface area contributed by atoms with E-state index in [1.807, 2.05) is 42.5 Å². The van der Waals surface area contributed by atoms with E-state index in [0.717, 1.165) is 39.5 Å². The SMILES string of the molecule is NCCOc1cc(C=CCNC(=O)c2cncn(Cc3ccc(F)c(F)c3)c2=O)cc2cnc(Nc3ccccc3)nc12. The number of nitrogens with zero attached hydrogens (tertiary/aromatic N) is 4. The Balaban J connectivity index is 1.27. The molecule has 0 aliphatic heterocycles. The minimum atomic E-state index is -1.03. The van der Waals surface area contributed by atoms with Gasteiger partial charge in [0.05, 0.1) is 12.9 Å². The first-order valence-corrected chi connectivity index (χ1v) is 13.3. The summed E-state index contributed by atoms with van der Waals surface area (Å²) in [5.74, 6) is -1.69. The average Bonchev–Trinajstić information content (AvgIpc) is 3.01. The fourth-order valence-electron chi connectivity index (χ4n) is 4.22. The molecule has 4 N–H and O–H groups in total. The number of anilines is 2. The number of hydrogen-bond acceptors (Lipinski definition) is 8. The topological polar surface area (TPSA) is 137 Å². The lowest BCUT2D eigenvalue weighted by molar-refractivity contribution is 0.0955. The van der Waals surface area contributed by atoms with E-state index in [-0.39, 0.29) is 18.7 Å². The van der Waals surface area contributed by atoms with Gasteiger partial charge in [0.2, 0.25) is 5.95 Å². The minimum Gasteiger partial charge on any atom is -0.490 e. The second-order valence-corrected chi connectivity index (χ2v) is 9.38. The Kier molecular flexibility index (Phi) is 9.08. The molecule has 2 aromatic heterocycles. The van der Waals surface area contributed by atoms with E-state index in [9.17, 15) is 18.4 Å². The lowest BCUT2D eigenvalue weighted by atomic mass is 10.1. The first-order chi connectivity index (χ1) is 20.9. The summed E-state index contributed by atoms with van der Waals surface area (Å²) in [6, 6.07) is 16.6. The number of aromatic nitrogens is 4. The molecule has 0 atom stereocenters. The number of rotatable bonds is 11. The van der Waals surface area contributed by atoms with E-state index in [1.165, 1.54) is 12.4 Å². The van der Waals surface area contributed by atoms with Crippen molar-refractivity contribution in [2.45, 2.75) is 6.54 Å². The Hall–Kier alpha value is -5.49. The van der Waals surface area contributed by atoms with Crippen LogP contribution in [0.25, 0.3) is 17.0 Å². The molecule has 0 radical (unpaired) electrons. The number of carbonyl (C=O) groups is 1. The van der Waals surface area contributed by atoms with Crippen molar-refractivity contribution < 1.29 is 18.3 Å². The second-order valence-electron chi connectivity index (χ2n) is 9.38. The van der Waals surface area contributed by atoms with Gasteiger partial charge in [-0.15, -0.1) is 0 Å². The van der Waals surface area contributed by atoms with Crippen LogP contribution in [0.5, 0.6) is 5.75 Å². The highest BCUT2D eigenvalue weighted by molar-refractivity contribution is 5.93. The molecule has 5 rings (SSSR count). The van der Waals surface area contributed by atoms with Crippen molar-refractivity contribution in [3.8, 4) is 5.75 Å². The summed E-state index contributed by atoms with van der Waals surface area (Å²) < 4.78 is 33.8. The Morgan fingerprint density at radius 1 is 1.05 bits per heavy atom. The average molecular weight is 584 g/mol. The van der Waals surface area contributed by atoms with E-state index in [1.54, 1.807) is 18.3 Å². The highest BCUT2D eigenvalue weighted by Gasteiger charge is 2.13. The molecule has 1 amide bonds. The summed E-state index contributed by atoms with van der Waals surface area (Å²) >= 11 is 0. The largest absolute Gasteiger partial charge is 0.490 e. The number of para-hydroxylation sites is 1. The standard InChI is InChI=1S/C31H27F2N7O3/c32-25-9-8-21(14-26(25)33)18-40-19-35-17-24(30(40)42)29(41)36-11-4-5-20-13-22-16-37-31(38-23-6-2-1-3-7-23)39-28(22)27(15-20)43-12-10-34/h1-9,13-17,19H,10-12,18,34H2,(H,36,41)(H,37,38,39). The predicted octanol–water partition coefficient (Wildman–Crippen LogP) is 4.04. The highest BCUT2D eigenvalue weighted by atomic mass is 19.2. The van der Waals surface area contributed by atoms with Gasteiger partial charge in [0.25, 0.3) is 11.5 Å². The van der Waals surface area contributed by atoms with Gasteiger partial charge in [-0.3, -0.25) is 14.2 Å². The summed E-state index contributed by atoms with van der Waals surface area (Å²) in [7, 11) is 0. The van der Waals surface area contributed by atoms with E-state index < -0.39 is 23.1 Å². The number of carbonyl (C=O) groups excluding carboxylic acids is 1. The van der Waals surface area contributed by atoms with Crippen LogP contribution in [0.15, 0.2) is 90.3 Å². The molecule has 0 fully saturated rings. The van der Waals surface area contributed by atoms with Gasteiger partial charge >= 0.3 is 0 Å². The molecule has 12 heteroatoms. The van der Waals surface area contributed by atoms with Crippen LogP contribution in [-0.2, 0) is 6.54 Å². The number of halogens is 2. The lowest BCUT2D eigenvalue weighted by Crippen LogP contribution is -2.33. The van der Waals surface area contributed by atoms with Crippen LogP contribution in [0.4, 0.5) is 20.4 Å². The molecule has 218 valence electrons. The van der Waals surface area contributed by atoms with Gasteiger partial charge < -0.3 is 21.1 Å². The molecule has 0 aliphatic rings. The summed E-state index contributed by atoms with van der Waals surface area (Å²) in [4.78, 5) is 38.5. The van der Waals surface area contributed by atoms with Crippen LogP contribution in [0.1, 0.15) is 21.5 Å². The Morgan fingerprint density at radius 3 is 2.67 bits per heavy atom. The maximum Gasteiger partial charge on any atom is 0.266 e. The molecule has 2 heterocycles. The zero-order valence-corrected chi connectivity index (χ0v) is 22.8. The monoisotopic (exact) mass is 583 g/mol. The van der Waals surface area contributed by atoms with Gasteiger partial charge in [-0.1, -0.05) is 36.4 Å². The van der Waals surface area contributed by atoms with Crippen LogP contribution in [0, 0.1) is 11.6 Å². The molecular weight excluding hydrogens is 556 g/mol. The molecule has 0 spiro atoms. The van der Waals surface area contributed by atoms with Crippen molar-refractivity contribution in [1.29, 1.82) is 0 Å². The zero-order valence-electron chi connectivity index (χ0n) is 22.8. The van der Waals surface area contributed by atoms with Crippen LogP contribution in [-0.4, -0.2) is 45.1 Å². The first kappa shape index (κ1) is 29.0. The van der Waals surface area contributed by atoms with E-state index in [4.69, 9.17) is 10.5 Å². The Morgan fingerprint density at radius 2 is 1.88 bits per heavy atom. The fourth-order valence-corrected chi connectivity index (χ4v) is 4.22. The summed E-state index contributed by atoms with van der Waals surface area (Å²) in [5.41, 5.74) is 7.45. The normalized spacial score (nSPS) is 11.1. The van der Waals surface area contributed by atoms with Crippen LogP contribution in [0.2, 0.25) is 0 Å². The van der Waals surface area contributed by atoms with E-state index >= 15 is 0 Å². The second kappa shape index (κ2) is 13.4. The molecule has 43 heavy (non-hydrogen) atoms. The van der Waals surface area contributed by atoms with Gasteiger partial charge in [0.15, 0.2) is 11.6 Å². The van der Waals surface area contributed by atoms with Crippen LogP contribution < -0.4 is 26.7 Å². The number of nitrogens with two attached hydrogens (primary N) is 1. The van der Waals surface area contributed by atoms with Crippen molar-refractivity contribution in [3.63, 3.8) is 0 Å². The first-order valence-electron chi connectivity index (χ1n) is 13.3. The number of nitrogens with one attached hydrogen (secondary N) is 2. The number of amides is 1. The van der Waals surface area contributed by atoms with E-state index in [0.29, 0.717) is 35.9 Å². The number of fused-ring (bicyclic) bond motifs is 1. The molecule has 0 saturated heterocycles. The Labute approximate surface area is 244 Å². The molecule has 0 bridgehead atoms. The smallest absolute Gasteiger partial charge is 0.266 e. The molecule has 0 saturated carbocycles. The van der Waals surface area contributed by atoms with E-state index in [2.05, 4.69) is 25.6 Å². The van der Waals surface area contributed by atoms with Gasteiger partial charge in [-0.05, 0) is 47.5 Å². The zero-order chi connectivity index (χ0) is 30.2. The third kappa shape index (κ3) is 7.24. The number of hydrogen-bond donors (Lipinski definition) is 3. The molecule has 0 unspecified atom stereocenters. The van der Waals surface area contributed by atoms with Gasteiger partial charge in [0, 0.05) is 36.6 Å². The fraction of sp³-hybridized carbons (Fsp3) is 0.129. The maximum absolute atomic E-state index is 13.6. The van der Waals surface area contributed by atoms with Gasteiger partial charge in [-0.2, -0.15) is 0 Å². The minimum absolute atomic E-state index is 0.0753. The maximum atomic E-state index is 13.6.